The SMILES string of the molecule is Nc1ccc(-c2nc3ccc(N)cc3[nH]2)cc1.Nc1ccncc1N. The van der Waals surface area contributed by atoms with E-state index in [4.69, 9.17) is 22.9 Å². The van der Waals surface area contributed by atoms with Crippen molar-refractivity contribution in [2.24, 2.45) is 0 Å². The number of fused-ring (bicyclic) bond motifs is 1. The molecule has 25 heavy (non-hydrogen) atoms. The Balaban J connectivity index is 0.000000192. The van der Waals surface area contributed by atoms with Crippen molar-refractivity contribution in [1.82, 2.24) is 15.0 Å². The van der Waals surface area contributed by atoms with Crippen molar-refractivity contribution in [2.75, 3.05) is 22.9 Å². The third-order valence-electron chi connectivity index (χ3n) is 3.58. The van der Waals surface area contributed by atoms with E-state index in [0.29, 0.717) is 11.4 Å². The Labute approximate surface area is 144 Å². The first-order valence-electron chi connectivity index (χ1n) is 7.59. The second kappa shape index (κ2) is 6.79. The lowest BCUT2D eigenvalue weighted by Gasteiger charge is -1.96. The first kappa shape index (κ1) is 16.1. The van der Waals surface area contributed by atoms with E-state index in [1.807, 2.05) is 42.5 Å². The topological polar surface area (TPSA) is 146 Å². The molecule has 0 aliphatic rings. The van der Waals surface area contributed by atoms with Crippen LogP contribution < -0.4 is 22.9 Å². The van der Waals surface area contributed by atoms with Gasteiger partial charge >= 0.3 is 0 Å². The number of benzene rings is 2. The molecule has 4 aromatic rings. The van der Waals surface area contributed by atoms with E-state index < -0.39 is 0 Å². The molecule has 0 fully saturated rings. The van der Waals surface area contributed by atoms with E-state index in [-0.39, 0.29) is 0 Å². The molecule has 2 aromatic carbocycles. The molecule has 9 N–H and O–H groups in total. The molecule has 0 spiro atoms. The van der Waals surface area contributed by atoms with Gasteiger partial charge in [0.2, 0.25) is 0 Å². The van der Waals surface area contributed by atoms with Crippen LogP contribution in [0.2, 0.25) is 0 Å². The molecule has 0 aliphatic carbocycles. The van der Waals surface area contributed by atoms with E-state index in [2.05, 4.69) is 15.0 Å². The molecule has 0 saturated carbocycles. The minimum atomic E-state index is 0.535. The van der Waals surface area contributed by atoms with Gasteiger partial charge in [0.05, 0.1) is 28.6 Å². The zero-order valence-electron chi connectivity index (χ0n) is 13.5. The number of H-pyrrole nitrogens is 1. The number of rotatable bonds is 1. The summed E-state index contributed by atoms with van der Waals surface area (Å²) in [5, 5.41) is 0. The number of anilines is 4. The molecule has 2 heterocycles. The zero-order valence-corrected chi connectivity index (χ0v) is 13.5. The van der Waals surface area contributed by atoms with Crippen LogP contribution in [0.25, 0.3) is 22.4 Å². The highest BCUT2D eigenvalue weighted by Crippen LogP contribution is 2.22. The molecule has 4 rings (SSSR count). The average Bonchev–Trinajstić information content (AvgIpc) is 3.02. The van der Waals surface area contributed by atoms with Crippen LogP contribution in [0.5, 0.6) is 0 Å². The number of nitrogens with two attached hydrogens (primary N) is 4. The van der Waals surface area contributed by atoms with E-state index in [1.54, 1.807) is 12.3 Å². The lowest BCUT2D eigenvalue weighted by atomic mass is 10.2. The van der Waals surface area contributed by atoms with Crippen molar-refractivity contribution in [1.29, 1.82) is 0 Å². The fourth-order valence-corrected chi connectivity index (χ4v) is 2.22. The minimum absolute atomic E-state index is 0.535. The van der Waals surface area contributed by atoms with Crippen LogP contribution in [0, 0.1) is 0 Å². The molecule has 126 valence electrons. The van der Waals surface area contributed by atoms with E-state index in [1.165, 1.54) is 6.20 Å². The molecule has 7 nitrogen and oxygen atoms in total. The summed E-state index contributed by atoms with van der Waals surface area (Å²) in [6.45, 7) is 0. The quantitative estimate of drug-likeness (QED) is 0.338. The number of nitrogens with zero attached hydrogens (tertiary/aromatic N) is 2. The van der Waals surface area contributed by atoms with Gasteiger partial charge in [0, 0.05) is 23.1 Å². The second-order valence-corrected chi connectivity index (χ2v) is 5.49. The summed E-state index contributed by atoms with van der Waals surface area (Å²) in [7, 11) is 0. The van der Waals surface area contributed by atoms with Gasteiger partial charge in [-0.05, 0) is 48.5 Å². The number of nitrogen functional groups attached to an aromatic ring is 4. The van der Waals surface area contributed by atoms with Gasteiger partial charge in [0.1, 0.15) is 5.82 Å². The Kier molecular flexibility index (Phi) is 4.38. The van der Waals surface area contributed by atoms with Gasteiger partial charge < -0.3 is 27.9 Å². The zero-order chi connectivity index (χ0) is 17.8. The van der Waals surface area contributed by atoms with E-state index in [9.17, 15) is 0 Å². The Morgan fingerprint density at radius 1 is 0.760 bits per heavy atom. The minimum Gasteiger partial charge on any atom is -0.399 e. The monoisotopic (exact) mass is 333 g/mol. The van der Waals surface area contributed by atoms with Crippen LogP contribution >= 0.6 is 0 Å². The molecule has 0 unspecified atom stereocenters. The van der Waals surface area contributed by atoms with Crippen molar-refractivity contribution < 1.29 is 0 Å². The lowest BCUT2D eigenvalue weighted by Crippen LogP contribution is -1.93. The van der Waals surface area contributed by atoms with Crippen LogP contribution in [-0.4, -0.2) is 15.0 Å². The number of imidazole rings is 1. The fourth-order valence-electron chi connectivity index (χ4n) is 2.22. The van der Waals surface area contributed by atoms with Gasteiger partial charge in [0.15, 0.2) is 0 Å². The highest BCUT2D eigenvalue weighted by Gasteiger charge is 2.04. The molecular formula is C18H19N7. The Morgan fingerprint density at radius 2 is 1.48 bits per heavy atom. The Bertz CT molecular complexity index is 969. The first-order valence-corrected chi connectivity index (χ1v) is 7.59. The lowest BCUT2D eigenvalue weighted by molar-refractivity contribution is 1.34. The number of aromatic nitrogens is 3. The summed E-state index contributed by atoms with van der Waals surface area (Å²) < 4.78 is 0. The summed E-state index contributed by atoms with van der Waals surface area (Å²) in [5.41, 5.74) is 27.5. The smallest absolute Gasteiger partial charge is 0.138 e. The predicted octanol–water partition coefficient (Wildman–Crippen LogP) is 2.64. The van der Waals surface area contributed by atoms with Crippen molar-refractivity contribution in [3.8, 4) is 11.4 Å². The van der Waals surface area contributed by atoms with E-state index >= 15 is 0 Å². The third kappa shape index (κ3) is 3.78. The molecule has 0 bridgehead atoms. The van der Waals surface area contributed by atoms with Crippen LogP contribution in [0.4, 0.5) is 22.7 Å². The van der Waals surface area contributed by atoms with Crippen molar-refractivity contribution >= 4 is 33.8 Å². The van der Waals surface area contributed by atoms with Crippen molar-refractivity contribution in [3.63, 3.8) is 0 Å². The van der Waals surface area contributed by atoms with Gasteiger partial charge in [-0.3, -0.25) is 4.98 Å². The maximum Gasteiger partial charge on any atom is 0.138 e. The summed E-state index contributed by atoms with van der Waals surface area (Å²) in [6.07, 6.45) is 3.13. The van der Waals surface area contributed by atoms with Crippen molar-refractivity contribution in [2.45, 2.75) is 0 Å². The van der Waals surface area contributed by atoms with Crippen LogP contribution in [0.3, 0.4) is 0 Å². The van der Waals surface area contributed by atoms with Gasteiger partial charge in [-0.2, -0.15) is 0 Å². The molecule has 2 aromatic heterocycles. The van der Waals surface area contributed by atoms with Gasteiger partial charge in [-0.25, -0.2) is 4.98 Å². The third-order valence-corrected chi connectivity index (χ3v) is 3.58. The number of pyridine rings is 1. The molecule has 0 amide bonds. The first-order chi connectivity index (χ1) is 12.0. The molecule has 0 atom stereocenters. The maximum atomic E-state index is 5.73. The number of nitrogens with one attached hydrogen (secondary N) is 1. The summed E-state index contributed by atoms with van der Waals surface area (Å²) in [5.74, 6) is 0.825. The predicted molar refractivity (Wildman–Crippen MR) is 103 cm³/mol. The summed E-state index contributed by atoms with van der Waals surface area (Å²) >= 11 is 0. The number of hydrogen-bond acceptors (Lipinski definition) is 6. The fraction of sp³-hybridized carbons (Fsp3) is 0. The van der Waals surface area contributed by atoms with Crippen LogP contribution in [0.15, 0.2) is 60.9 Å². The largest absolute Gasteiger partial charge is 0.399 e. The maximum absolute atomic E-state index is 5.73. The van der Waals surface area contributed by atoms with Gasteiger partial charge in [-0.15, -0.1) is 0 Å². The average molecular weight is 333 g/mol. The molecule has 0 radical (unpaired) electrons. The molecule has 0 aliphatic heterocycles. The summed E-state index contributed by atoms with van der Waals surface area (Å²) in [6, 6.07) is 14.9. The number of hydrogen-bond donors (Lipinski definition) is 5. The van der Waals surface area contributed by atoms with Crippen LogP contribution in [-0.2, 0) is 0 Å². The van der Waals surface area contributed by atoms with E-state index in [0.717, 1.165) is 33.8 Å². The molecule has 0 saturated heterocycles. The molecule has 7 heteroatoms. The van der Waals surface area contributed by atoms with Gasteiger partial charge in [-0.1, -0.05) is 0 Å². The van der Waals surface area contributed by atoms with Crippen LogP contribution in [0.1, 0.15) is 0 Å². The molecular weight excluding hydrogens is 314 g/mol. The Hall–Kier alpha value is -3.74. The standard InChI is InChI=1S/C13H12N4.C5H7N3/c14-9-3-1-8(2-4-9)13-16-11-6-5-10(15)7-12(11)17-13;6-4-1-2-8-3-5(4)7/h1-7H,14-15H2,(H,16,17);1-3H,7H2,(H2,6,8). The second-order valence-electron chi connectivity index (χ2n) is 5.49. The number of aromatic amines is 1. The Morgan fingerprint density at radius 3 is 2.12 bits per heavy atom. The summed E-state index contributed by atoms with van der Waals surface area (Å²) in [4.78, 5) is 11.5. The normalized spacial score (nSPS) is 10.2. The highest BCUT2D eigenvalue weighted by molar-refractivity contribution is 5.82. The highest BCUT2D eigenvalue weighted by atomic mass is 14.9. The van der Waals surface area contributed by atoms with Gasteiger partial charge in [0.25, 0.3) is 0 Å². The van der Waals surface area contributed by atoms with Crippen molar-refractivity contribution in [3.05, 3.63) is 60.9 Å².